The topological polar surface area (TPSA) is 43.1 Å². The molecule has 0 aliphatic rings. The van der Waals surface area contributed by atoms with Crippen LogP contribution in [0.15, 0.2) is 79.1 Å². The van der Waals surface area contributed by atoms with Crippen molar-refractivity contribution in [2.75, 3.05) is 0 Å². The van der Waals surface area contributed by atoms with Crippen LogP contribution < -0.4 is 0 Å². The predicted octanol–water partition coefficient (Wildman–Crippen LogP) is 4.92. The molecule has 4 nitrogen and oxygen atoms in total. The van der Waals surface area contributed by atoms with E-state index in [0.717, 1.165) is 44.6 Å². The molecule has 4 aromatic heterocycles. The Balaban J connectivity index is 1.91. The van der Waals surface area contributed by atoms with Gasteiger partial charge in [-0.1, -0.05) is 30.3 Å². The highest BCUT2D eigenvalue weighted by molar-refractivity contribution is 6.03. The standard InChI is InChI=1S/C22H16N4/c1-15-7-6-10-19(24-15)22-21(20-11-4-5-14-26(20)25-22)17-12-13-23-18-9-3-2-8-16(17)18/h2-14H,1H3. The van der Waals surface area contributed by atoms with Crippen molar-refractivity contribution in [3.63, 3.8) is 0 Å². The van der Waals surface area contributed by atoms with E-state index in [0.29, 0.717) is 0 Å². The fraction of sp³-hybridized carbons (Fsp3) is 0.0455. The lowest BCUT2D eigenvalue weighted by molar-refractivity contribution is 0.961. The third-order valence-electron chi connectivity index (χ3n) is 4.59. The molecule has 0 radical (unpaired) electrons. The van der Waals surface area contributed by atoms with Gasteiger partial charge in [0.25, 0.3) is 0 Å². The Hall–Kier alpha value is -3.53. The van der Waals surface area contributed by atoms with Crippen LogP contribution in [0.1, 0.15) is 5.69 Å². The molecule has 0 amide bonds. The molecule has 0 atom stereocenters. The van der Waals surface area contributed by atoms with E-state index in [1.807, 2.05) is 72.4 Å². The molecule has 0 N–H and O–H groups in total. The second-order valence-corrected chi connectivity index (χ2v) is 6.29. The van der Waals surface area contributed by atoms with E-state index in [9.17, 15) is 0 Å². The summed E-state index contributed by atoms with van der Waals surface area (Å²) in [6.45, 7) is 2.00. The first-order valence-electron chi connectivity index (χ1n) is 8.57. The molecule has 26 heavy (non-hydrogen) atoms. The Kier molecular flexibility index (Phi) is 3.28. The van der Waals surface area contributed by atoms with Gasteiger partial charge in [0.05, 0.1) is 16.7 Å². The van der Waals surface area contributed by atoms with Crippen molar-refractivity contribution in [1.82, 2.24) is 19.6 Å². The number of hydrogen-bond donors (Lipinski definition) is 0. The highest BCUT2D eigenvalue weighted by Crippen LogP contribution is 2.37. The fourth-order valence-electron chi connectivity index (χ4n) is 3.43. The molecule has 4 heterocycles. The summed E-state index contributed by atoms with van der Waals surface area (Å²) in [7, 11) is 0. The van der Waals surface area contributed by atoms with E-state index in [4.69, 9.17) is 10.1 Å². The van der Waals surface area contributed by atoms with Crippen LogP contribution in [0.25, 0.3) is 38.9 Å². The maximum Gasteiger partial charge on any atom is 0.120 e. The van der Waals surface area contributed by atoms with Gasteiger partial charge in [0.1, 0.15) is 5.69 Å². The van der Waals surface area contributed by atoms with Crippen LogP contribution >= 0.6 is 0 Å². The van der Waals surface area contributed by atoms with Crippen molar-refractivity contribution >= 4 is 16.4 Å². The Labute approximate surface area is 150 Å². The summed E-state index contributed by atoms with van der Waals surface area (Å²) in [5.41, 5.74) is 6.98. The molecule has 0 saturated heterocycles. The van der Waals surface area contributed by atoms with Gasteiger partial charge >= 0.3 is 0 Å². The molecule has 5 rings (SSSR count). The molecule has 0 aliphatic heterocycles. The number of fused-ring (bicyclic) bond motifs is 2. The molecule has 5 aromatic rings. The third-order valence-corrected chi connectivity index (χ3v) is 4.59. The zero-order valence-corrected chi connectivity index (χ0v) is 14.3. The van der Waals surface area contributed by atoms with E-state index < -0.39 is 0 Å². The van der Waals surface area contributed by atoms with Gasteiger partial charge in [-0.2, -0.15) is 5.10 Å². The maximum atomic E-state index is 4.84. The summed E-state index contributed by atoms with van der Waals surface area (Å²) >= 11 is 0. The summed E-state index contributed by atoms with van der Waals surface area (Å²) in [4.78, 5) is 9.22. The van der Waals surface area contributed by atoms with Gasteiger partial charge in [0.2, 0.25) is 0 Å². The van der Waals surface area contributed by atoms with Crippen molar-refractivity contribution in [3.05, 3.63) is 84.8 Å². The predicted molar refractivity (Wildman–Crippen MR) is 104 cm³/mol. The first kappa shape index (κ1) is 14.8. The minimum Gasteiger partial charge on any atom is -0.256 e. The van der Waals surface area contributed by atoms with Crippen molar-refractivity contribution in [2.45, 2.75) is 6.92 Å². The number of aryl methyl sites for hydroxylation is 1. The average molecular weight is 336 g/mol. The highest BCUT2D eigenvalue weighted by atomic mass is 15.2. The van der Waals surface area contributed by atoms with Crippen LogP contribution in [-0.2, 0) is 0 Å². The number of aromatic nitrogens is 4. The van der Waals surface area contributed by atoms with Crippen LogP contribution in [0.4, 0.5) is 0 Å². The fourth-order valence-corrected chi connectivity index (χ4v) is 3.43. The van der Waals surface area contributed by atoms with E-state index in [1.54, 1.807) is 0 Å². The SMILES string of the molecule is Cc1cccc(-c2nn3ccccc3c2-c2ccnc3ccccc23)n1. The lowest BCUT2D eigenvalue weighted by atomic mass is 9.98. The Morgan fingerprint density at radius 1 is 0.846 bits per heavy atom. The Morgan fingerprint density at radius 2 is 1.73 bits per heavy atom. The van der Waals surface area contributed by atoms with Gasteiger partial charge in [0.15, 0.2) is 0 Å². The van der Waals surface area contributed by atoms with Gasteiger partial charge < -0.3 is 0 Å². The van der Waals surface area contributed by atoms with Gasteiger partial charge in [-0.05, 0) is 48.9 Å². The van der Waals surface area contributed by atoms with E-state index in [2.05, 4.69) is 23.2 Å². The molecular weight excluding hydrogens is 320 g/mol. The Bertz CT molecular complexity index is 1250. The van der Waals surface area contributed by atoms with Crippen molar-refractivity contribution in [3.8, 4) is 22.5 Å². The zero-order chi connectivity index (χ0) is 17.5. The average Bonchev–Trinajstić information content (AvgIpc) is 3.07. The van der Waals surface area contributed by atoms with Crippen molar-refractivity contribution in [2.24, 2.45) is 0 Å². The minimum atomic E-state index is 0.879. The second kappa shape index (κ2) is 5.77. The number of nitrogens with zero attached hydrogens (tertiary/aromatic N) is 4. The zero-order valence-electron chi connectivity index (χ0n) is 14.3. The molecule has 0 fully saturated rings. The smallest absolute Gasteiger partial charge is 0.120 e. The maximum absolute atomic E-state index is 4.84. The molecule has 0 bridgehead atoms. The molecule has 0 saturated carbocycles. The summed E-state index contributed by atoms with van der Waals surface area (Å²) in [5, 5.41) is 5.95. The number of para-hydroxylation sites is 1. The minimum absolute atomic E-state index is 0.879. The molecule has 0 aliphatic carbocycles. The second-order valence-electron chi connectivity index (χ2n) is 6.29. The monoisotopic (exact) mass is 336 g/mol. The molecule has 124 valence electrons. The number of hydrogen-bond acceptors (Lipinski definition) is 3. The van der Waals surface area contributed by atoms with Crippen LogP contribution in [0, 0.1) is 6.92 Å². The largest absolute Gasteiger partial charge is 0.256 e. The number of rotatable bonds is 2. The van der Waals surface area contributed by atoms with Crippen LogP contribution in [0.5, 0.6) is 0 Å². The lowest BCUT2D eigenvalue weighted by Crippen LogP contribution is -1.90. The van der Waals surface area contributed by atoms with Gasteiger partial charge in [-0.25, -0.2) is 4.52 Å². The summed E-state index contributed by atoms with van der Waals surface area (Å²) in [5.74, 6) is 0. The number of pyridine rings is 3. The van der Waals surface area contributed by atoms with Gasteiger partial charge in [-0.3, -0.25) is 9.97 Å². The molecule has 4 heteroatoms. The van der Waals surface area contributed by atoms with Gasteiger partial charge in [0, 0.05) is 29.0 Å². The molecular formula is C22H16N4. The van der Waals surface area contributed by atoms with Crippen LogP contribution in [-0.4, -0.2) is 19.6 Å². The quantitative estimate of drug-likeness (QED) is 0.459. The molecule has 0 unspecified atom stereocenters. The lowest BCUT2D eigenvalue weighted by Gasteiger charge is -2.07. The van der Waals surface area contributed by atoms with Crippen LogP contribution in [0.2, 0.25) is 0 Å². The summed E-state index contributed by atoms with van der Waals surface area (Å²) in [6.07, 6.45) is 3.83. The molecule has 0 spiro atoms. The first-order chi connectivity index (χ1) is 12.8. The van der Waals surface area contributed by atoms with Crippen LogP contribution in [0.3, 0.4) is 0 Å². The van der Waals surface area contributed by atoms with Crippen molar-refractivity contribution in [1.29, 1.82) is 0 Å². The normalized spacial score (nSPS) is 11.3. The van der Waals surface area contributed by atoms with E-state index >= 15 is 0 Å². The highest BCUT2D eigenvalue weighted by Gasteiger charge is 2.19. The first-order valence-corrected chi connectivity index (χ1v) is 8.57. The van der Waals surface area contributed by atoms with E-state index in [1.165, 1.54) is 0 Å². The third kappa shape index (κ3) is 2.27. The summed E-state index contributed by atoms with van der Waals surface area (Å²) in [6, 6.07) is 22.4. The van der Waals surface area contributed by atoms with E-state index in [-0.39, 0.29) is 0 Å². The van der Waals surface area contributed by atoms with Gasteiger partial charge in [-0.15, -0.1) is 0 Å². The Morgan fingerprint density at radius 3 is 2.65 bits per heavy atom. The number of benzene rings is 1. The summed E-state index contributed by atoms with van der Waals surface area (Å²) < 4.78 is 1.92. The molecule has 1 aromatic carbocycles. The van der Waals surface area contributed by atoms with Crippen molar-refractivity contribution < 1.29 is 0 Å².